The molecule has 1 heterocycles. The van der Waals surface area contributed by atoms with Gasteiger partial charge >= 0.3 is 5.97 Å². The lowest BCUT2D eigenvalue weighted by Gasteiger charge is -2.21. The van der Waals surface area contributed by atoms with Crippen molar-refractivity contribution in [1.82, 2.24) is 15.1 Å². The van der Waals surface area contributed by atoms with Crippen LogP contribution in [0.5, 0.6) is 0 Å². The van der Waals surface area contributed by atoms with E-state index in [9.17, 15) is 14.3 Å². The number of nitrogens with zero attached hydrogens (tertiary/aromatic N) is 1. The first-order valence-electron chi connectivity index (χ1n) is 5.13. The molecule has 0 spiro atoms. The number of carboxylic acid groups (broad SMARTS) is 1. The third-order valence-corrected chi connectivity index (χ3v) is 4.39. The molecule has 17 heavy (non-hydrogen) atoms. The lowest BCUT2D eigenvalue weighted by atomic mass is 10.2. The molecule has 0 radical (unpaired) electrons. The minimum absolute atomic E-state index is 0.0517. The van der Waals surface area contributed by atoms with Crippen molar-refractivity contribution in [3.8, 4) is 0 Å². The Morgan fingerprint density at radius 1 is 1.65 bits per heavy atom. The number of H-pyrrole nitrogens is 1. The van der Waals surface area contributed by atoms with Crippen LogP contribution in [-0.4, -0.2) is 37.6 Å². The molecule has 0 aliphatic heterocycles. The smallest absolute Gasteiger partial charge is 0.321 e. The van der Waals surface area contributed by atoms with Gasteiger partial charge in [-0.05, 0) is 0 Å². The third-order valence-electron chi connectivity index (χ3n) is 2.31. The third kappa shape index (κ3) is 3.96. The van der Waals surface area contributed by atoms with Gasteiger partial charge in [-0.1, -0.05) is 13.8 Å². The van der Waals surface area contributed by atoms with Crippen molar-refractivity contribution >= 4 is 13.5 Å². The summed E-state index contributed by atoms with van der Waals surface area (Å²) in [6.45, 7) is 3.11. The maximum absolute atomic E-state index is 11.7. The van der Waals surface area contributed by atoms with Gasteiger partial charge in [-0.15, -0.1) is 0 Å². The van der Waals surface area contributed by atoms with Crippen LogP contribution >= 0.6 is 7.52 Å². The lowest BCUT2D eigenvalue weighted by molar-refractivity contribution is -0.139. The molecule has 0 saturated carbocycles. The number of aliphatic carboxylic acids is 1. The van der Waals surface area contributed by atoms with Gasteiger partial charge in [-0.3, -0.25) is 9.36 Å². The topological polar surface area (TPSA) is 115 Å². The lowest BCUT2D eigenvalue weighted by Crippen LogP contribution is -2.38. The van der Waals surface area contributed by atoms with E-state index in [0.717, 1.165) is 0 Å². The molecule has 96 valence electrons. The molecule has 0 bridgehead atoms. The Balaban J connectivity index is 2.74. The van der Waals surface area contributed by atoms with Gasteiger partial charge in [0, 0.05) is 18.3 Å². The highest BCUT2D eigenvalue weighted by atomic mass is 31.2. The predicted molar refractivity (Wildman–Crippen MR) is 61.8 cm³/mol. The predicted octanol–water partition coefficient (Wildman–Crippen LogP) is 0.589. The van der Waals surface area contributed by atoms with Crippen LogP contribution in [0.25, 0.3) is 0 Å². The fourth-order valence-corrected chi connectivity index (χ4v) is 2.12. The minimum atomic E-state index is -3.66. The first-order valence-corrected chi connectivity index (χ1v) is 6.86. The minimum Gasteiger partial charge on any atom is -0.480 e. The highest BCUT2D eigenvalue weighted by Gasteiger charge is 2.30. The van der Waals surface area contributed by atoms with E-state index in [4.69, 9.17) is 5.11 Å². The average molecular weight is 261 g/mol. The van der Waals surface area contributed by atoms with Crippen molar-refractivity contribution in [1.29, 1.82) is 0 Å². The van der Waals surface area contributed by atoms with Crippen molar-refractivity contribution in [3.05, 3.63) is 18.2 Å². The summed E-state index contributed by atoms with van der Waals surface area (Å²) in [5.74, 6) is -1.18. The van der Waals surface area contributed by atoms with Crippen LogP contribution in [0.4, 0.5) is 0 Å². The fraction of sp³-hybridized carbons (Fsp3) is 0.556. The van der Waals surface area contributed by atoms with Crippen LogP contribution in [0.1, 0.15) is 19.5 Å². The summed E-state index contributed by atoms with van der Waals surface area (Å²) < 4.78 is 11.7. The summed E-state index contributed by atoms with van der Waals surface area (Å²) in [7, 11) is -3.66. The quantitative estimate of drug-likeness (QED) is 0.557. The molecule has 1 aromatic rings. The van der Waals surface area contributed by atoms with Crippen molar-refractivity contribution in [2.75, 3.05) is 0 Å². The van der Waals surface area contributed by atoms with Crippen molar-refractivity contribution in [2.45, 2.75) is 32.0 Å². The molecular formula is C9H16N3O4P. The number of hydrogen-bond acceptors (Lipinski definition) is 3. The van der Waals surface area contributed by atoms with Gasteiger partial charge in [0.25, 0.3) is 7.52 Å². The van der Waals surface area contributed by atoms with Crippen LogP contribution in [0.2, 0.25) is 0 Å². The summed E-state index contributed by atoms with van der Waals surface area (Å²) >= 11 is 0. The van der Waals surface area contributed by atoms with Gasteiger partial charge in [-0.25, -0.2) is 10.1 Å². The normalized spacial score (nSPS) is 16.7. The molecule has 1 rings (SSSR count). The monoisotopic (exact) mass is 261 g/mol. The number of carboxylic acids is 1. The van der Waals surface area contributed by atoms with Crippen LogP contribution in [0.15, 0.2) is 12.5 Å². The second-order valence-corrected chi connectivity index (χ2v) is 6.54. The van der Waals surface area contributed by atoms with Crippen LogP contribution in [0.3, 0.4) is 0 Å². The molecular weight excluding hydrogens is 245 g/mol. The molecule has 2 atom stereocenters. The molecule has 1 aromatic heterocycles. The average Bonchev–Trinajstić information content (AvgIpc) is 2.68. The van der Waals surface area contributed by atoms with Crippen LogP contribution in [0, 0.1) is 0 Å². The van der Waals surface area contributed by atoms with Crippen molar-refractivity contribution in [3.63, 3.8) is 0 Å². The molecule has 0 aromatic carbocycles. The number of aromatic amines is 1. The van der Waals surface area contributed by atoms with E-state index in [0.29, 0.717) is 5.69 Å². The Labute approximate surface area is 98.8 Å². The number of rotatable bonds is 6. The van der Waals surface area contributed by atoms with E-state index in [1.165, 1.54) is 6.33 Å². The Hall–Kier alpha value is -1.17. The number of hydrogen-bond donors (Lipinski definition) is 4. The molecule has 0 aliphatic carbocycles. The number of aromatic nitrogens is 2. The Morgan fingerprint density at radius 3 is 2.71 bits per heavy atom. The van der Waals surface area contributed by atoms with Crippen LogP contribution < -0.4 is 5.09 Å². The van der Waals surface area contributed by atoms with Gasteiger partial charge in [0.1, 0.15) is 6.04 Å². The first kappa shape index (κ1) is 13.9. The number of imidazole rings is 1. The zero-order chi connectivity index (χ0) is 13.1. The molecule has 0 aliphatic rings. The number of nitrogens with one attached hydrogen (secondary N) is 2. The van der Waals surface area contributed by atoms with Crippen molar-refractivity contribution in [2.24, 2.45) is 0 Å². The summed E-state index contributed by atoms with van der Waals surface area (Å²) in [5.41, 5.74) is -0.0165. The van der Waals surface area contributed by atoms with Gasteiger partial charge in [0.05, 0.1) is 12.0 Å². The molecule has 0 saturated heterocycles. The molecule has 0 fully saturated rings. The zero-order valence-corrected chi connectivity index (χ0v) is 10.5. The zero-order valence-electron chi connectivity index (χ0n) is 9.62. The van der Waals surface area contributed by atoms with E-state index in [1.807, 2.05) is 0 Å². The molecule has 0 amide bonds. The van der Waals surface area contributed by atoms with E-state index in [-0.39, 0.29) is 6.42 Å². The SMILES string of the molecule is CC(C)P(=O)(O)N[C@@H](Cc1c[nH]cn1)C(=O)O. The van der Waals surface area contributed by atoms with E-state index < -0.39 is 25.2 Å². The Bertz CT molecular complexity index is 418. The Morgan fingerprint density at radius 2 is 2.29 bits per heavy atom. The van der Waals surface area contributed by atoms with Gasteiger partial charge in [-0.2, -0.15) is 0 Å². The van der Waals surface area contributed by atoms with E-state index in [1.54, 1.807) is 20.0 Å². The fourth-order valence-electron chi connectivity index (χ4n) is 1.17. The summed E-state index contributed by atoms with van der Waals surface area (Å²) in [5, 5.41) is 11.3. The van der Waals surface area contributed by atoms with Crippen LogP contribution in [-0.2, 0) is 15.8 Å². The molecule has 1 unspecified atom stereocenters. The largest absolute Gasteiger partial charge is 0.480 e. The summed E-state index contributed by atoms with van der Waals surface area (Å²) in [6.07, 6.45) is 3.03. The Kier molecular flexibility index (Phi) is 4.45. The van der Waals surface area contributed by atoms with Gasteiger partial charge in [0.2, 0.25) is 0 Å². The maximum atomic E-state index is 11.7. The molecule has 8 heteroatoms. The highest BCUT2D eigenvalue weighted by molar-refractivity contribution is 7.56. The standard InChI is InChI=1S/C9H16N3O4P/c1-6(2)17(15,16)12-8(9(13)14)3-7-4-10-5-11-7/h4-6,8H,3H2,1-2H3,(H,10,11)(H,13,14)(H2,12,15,16)/t8-/m0/s1. The van der Waals surface area contributed by atoms with Gasteiger partial charge < -0.3 is 15.0 Å². The summed E-state index contributed by atoms with van der Waals surface area (Å²) in [4.78, 5) is 27.2. The second-order valence-electron chi connectivity index (χ2n) is 4.00. The first-order chi connectivity index (χ1) is 7.83. The van der Waals surface area contributed by atoms with Crippen molar-refractivity contribution < 1.29 is 19.4 Å². The second kappa shape index (κ2) is 5.44. The van der Waals surface area contributed by atoms with E-state index >= 15 is 0 Å². The van der Waals surface area contributed by atoms with E-state index in [2.05, 4.69) is 15.1 Å². The maximum Gasteiger partial charge on any atom is 0.321 e. The summed E-state index contributed by atoms with van der Waals surface area (Å²) in [6, 6.07) is -1.13. The van der Waals surface area contributed by atoms with Gasteiger partial charge in [0.15, 0.2) is 0 Å². The molecule has 4 N–H and O–H groups in total. The molecule has 7 nitrogen and oxygen atoms in total. The number of carbonyl (C=O) groups is 1. The highest BCUT2D eigenvalue weighted by Crippen LogP contribution is 2.41.